The lowest BCUT2D eigenvalue weighted by Crippen LogP contribution is -2.23. The van der Waals surface area contributed by atoms with Gasteiger partial charge in [0.05, 0.1) is 18.2 Å². The van der Waals surface area contributed by atoms with Crippen molar-refractivity contribution in [3.05, 3.63) is 70.3 Å². The third-order valence-electron chi connectivity index (χ3n) is 4.44. The van der Waals surface area contributed by atoms with E-state index in [9.17, 15) is 0 Å². The molecule has 1 aromatic heterocycles. The Morgan fingerprint density at radius 3 is 2.77 bits per heavy atom. The molecule has 0 bridgehead atoms. The second-order valence-electron chi connectivity index (χ2n) is 6.62. The van der Waals surface area contributed by atoms with Crippen LogP contribution < -0.4 is 14.8 Å². The molecule has 6 nitrogen and oxygen atoms in total. The molecule has 156 valence electrons. The first kappa shape index (κ1) is 21.7. The fourth-order valence-electron chi connectivity index (χ4n) is 3.05. The van der Waals surface area contributed by atoms with E-state index in [4.69, 9.17) is 32.0 Å². The maximum Gasteiger partial charge on any atom is 0.226 e. The van der Waals surface area contributed by atoms with Gasteiger partial charge in [0.2, 0.25) is 5.89 Å². The Labute approximate surface area is 181 Å². The van der Waals surface area contributed by atoms with Gasteiger partial charge in [-0.15, -0.1) is 6.42 Å². The number of aromatic nitrogens is 2. The number of halogens is 1. The molecular formula is C23H24ClN3O3. The second kappa shape index (κ2) is 10.7. The lowest BCUT2D eigenvalue weighted by molar-refractivity contribution is 0.330. The van der Waals surface area contributed by atoms with Gasteiger partial charge in [-0.3, -0.25) is 5.32 Å². The van der Waals surface area contributed by atoms with Crippen LogP contribution in [-0.4, -0.2) is 23.9 Å². The number of terminal acetylenes is 1. The SMILES string of the molecule is C#CCOc1c(Cl)cc(CNC(c2ccccc2)c2noc(CCC)n2)cc1OC. The number of nitrogens with zero attached hydrogens (tertiary/aromatic N) is 2. The van der Waals surface area contributed by atoms with E-state index >= 15 is 0 Å². The zero-order valence-electron chi connectivity index (χ0n) is 17.0. The monoisotopic (exact) mass is 425 g/mol. The van der Waals surface area contributed by atoms with Crippen LogP contribution >= 0.6 is 11.6 Å². The smallest absolute Gasteiger partial charge is 0.226 e. The highest BCUT2D eigenvalue weighted by Crippen LogP contribution is 2.36. The summed E-state index contributed by atoms with van der Waals surface area (Å²) in [6, 6.07) is 13.4. The minimum Gasteiger partial charge on any atom is -0.493 e. The van der Waals surface area contributed by atoms with Crippen molar-refractivity contribution in [3.8, 4) is 23.8 Å². The number of aryl methyl sites for hydroxylation is 1. The van der Waals surface area contributed by atoms with Crippen molar-refractivity contribution < 1.29 is 14.0 Å². The van der Waals surface area contributed by atoms with Crippen LogP contribution in [0.2, 0.25) is 5.02 Å². The standard InChI is InChI=1S/C23H24ClN3O3/c1-4-9-20-26-23(27-30-20)21(17-10-7-6-8-11-17)25-15-16-13-18(24)22(29-12-5-2)19(14-16)28-3/h2,6-8,10-11,13-14,21,25H,4,9,12,15H2,1,3H3. The number of hydrogen-bond donors (Lipinski definition) is 1. The Bertz CT molecular complexity index is 999. The minimum atomic E-state index is -0.234. The van der Waals surface area contributed by atoms with Crippen molar-refractivity contribution >= 4 is 11.6 Å². The summed E-state index contributed by atoms with van der Waals surface area (Å²) in [5, 5.41) is 8.11. The van der Waals surface area contributed by atoms with Gasteiger partial charge >= 0.3 is 0 Å². The third kappa shape index (κ3) is 5.32. The molecule has 7 heteroatoms. The predicted molar refractivity (Wildman–Crippen MR) is 116 cm³/mol. The Morgan fingerprint density at radius 2 is 2.07 bits per heavy atom. The number of nitrogens with one attached hydrogen (secondary N) is 1. The maximum absolute atomic E-state index is 6.40. The molecule has 0 saturated heterocycles. The molecule has 30 heavy (non-hydrogen) atoms. The summed E-state index contributed by atoms with van der Waals surface area (Å²) in [4.78, 5) is 4.56. The summed E-state index contributed by atoms with van der Waals surface area (Å²) in [5.41, 5.74) is 1.96. The lowest BCUT2D eigenvalue weighted by Gasteiger charge is -2.17. The first-order valence-electron chi connectivity index (χ1n) is 9.69. The highest BCUT2D eigenvalue weighted by atomic mass is 35.5. The Kier molecular flexibility index (Phi) is 7.72. The molecule has 0 aliphatic heterocycles. The number of rotatable bonds is 10. The molecule has 0 aliphatic carbocycles. The van der Waals surface area contributed by atoms with E-state index < -0.39 is 0 Å². The number of hydrogen-bond acceptors (Lipinski definition) is 6. The summed E-state index contributed by atoms with van der Waals surface area (Å²) >= 11 is 6.40. The highest BCUT2D eigenvalue weighted by molar-refractivity contribution is 6.32. The van der Waals surface area contributed by atoms with Crippen molar-refractivity contribution in [1.29, 1.82) is 0 Å². The van der Waals surface area contributed by atoms with Gasteiger partial charge in [-0.25, -0.2) is 0 Å². The van der Waals surface area contributed by atoms with Gasteiger partial charge in [0.25, 0.3) is 0 Å². The van der Waals surface area contributed by atoms with Gasteiger partial charge in [0.1, 0.15) is 6.61 Å². The summed E-state index contributed by atoms with van der Waals surface area (Å²) in [7, 11) is 1.56. The van der Waals surface area contributed by atoms with Gasteiger partial charge in [-0.2, -0.15) is 4.98 Å². The van der Waals surface area contributed by atoms with Crippen LogP contribution in [0.1, 0.15) is 42.2 Å². The number of methoxy groups -OCH3 is 1. The van der Waals surface area contributed by atoms with Gasteiger partial charge in [0, 0.05) is 13.0 Å². The minimum absolute atomic E-state index is 0.113. The molecule has 0 radical (unpaired) electrons. The fraction of sp³-hybridized carbons (Fsp3) is 0.304. The zero-order chi connectivity index (χ0) is 21.3. The average molecular weight is 426 g/mol. The molecule has 1 N–H and O–H groups in total. The van der Waals surface area contributed by atoms with Crippen molar-refractivity contribution in [2.24, 2.45) is 0 Å². The predicted octanol–water partition coefficient (Wildman–Crippen LogP) is 4.58. The van der Waals surface area contributed by atoms with Gasteiger partial charge < -0.3 is 14.0 Å². The highest BCUT2D eigenvalue weighted by Gasteiger charge is 2.20. The van der Waals surface area contributed by atoms with Crippen molar-refractivity contribution in [1.82, 2.24) is 15.5 Å². The van der Waals surface area contributed by atoms with Gasteiger partial charge in [0.15, 0.2) is 17.3 Å². The van der Waals surface area contributed by atoms with E-state index in [0.29, 0.717) is 34.8 Å². The lowest BCUT2D eigenvalue weighted by atomic mass is 10.1. The Hall–Kier alpha value is -3.01. The van der Waals surface area contributed by atoms with Gasteiger partial charge in [-0.05, 0) is 29.7 Å². The van der Waals surface area contributed by atoms with E-state index in [1.807, 2.05) is 42.5 Å². The molecule has 0 spiro atoms. The van der Waals surface area contributed by atoms with E-state index in [-0.39, 0.29) is 12.6 Å². The summed E-state index contributed by atoms with van der Waals surface area (Å²) in [5.74, 6) is 4.61. The molecule has 3 rings (SSSR count). The Balaban J connectivity index is 1.83. The molecule has 1 unspecified atom stereocenters. The van der Waals surface area contributed by atoms with Crippen molar-refractivity contribution in [2.45, 2.75) is 32.4 Å². The average Bonchev–Trinajstić information content (AvgIpc) is 3.22. The summed E-state index contributed by atoms with van der Waals surface area (Å²) in [6.45, 7) is 2.69. The van der Waals surface area contributed by atoms with Crippen LogP contribution in [0, 0.1) is 12.3 Å². The fourth-order valence-corrected chi connectivity index (χ4v) is 3.34. The number of benzene rings is 2. The second-order valence-corrected chi connectivity index (χ2v) is 7.03. The molecule has 0 fully saturated rings. The zero-order valence-corrected chi connectivity index (χ0v) is 17.8. The van der Waals surface area contributed by atoms with Crippen LogP contribution in [0.4, 0.5) is 0 Å². The van der Waals surface area contributed by atoms with E-state index in [0.717, 1.165) is 24.0 Å². The van der Waals surface area contributed by atoms with Crippen LogP contribution in [-0.2, 0) is 13.0 Å². The van der Waals surface area contributed by atoms with Gasteiger partial charge in [-0.1, -0.05) is 59.9 Å². The molecule has 0 aliphatic rings. The first-order valence-corrected chi connectivity index (χ1v) is 10.1. The molecule has 0 amide bonds. The van der Waals surface area contributed by atoms with Crippen LogP contribution in [0.25, 0.3) is 0 Å². The van der Waals surface area contributed by atoms with E-state index in [1.54, 1.807) is 7.11 Å². The third-order valence-corrected chi connectivity index (χ3v) is 4.72. The largest absolute Gasteiger partial charge is 0.493 e. The first-order chi connectivity index (χ1) is 14.7. The topological polar surface area (TPSA) is 69.4 Å². The normalized spacial score (nSPS) is 11.7. The van der Waals surface area contributed by atoms with Crippen LogP contribution in [0.15, 0.2) is 47.0 Å². The molecule has 2 aromatic carbocycles. The molecular weight excluding hydrogens is 402 g/mol. The Morgan fingerprint density at radius 1 is 1.27 bits per heavy atom. The summed E-state index contributed by atoms with van der Waals surface area (Å²) in [6.07, 6.45) is 6.96. The van der Waals surface area contributed by atoms with Crippen LogP contribution in [0.5, 0.6) is 11.5 Å². The quantitative estimate of drug-likeness (QED) is 0.479. The summed E-state index contributed by atoms with van der Waals surface area (Å²) < 4.78 is 16.3. The van der Waals surface area contributed by atoms with E-state index in [2.05, 4.69) is 28.3 Å². The van der Waals surface area contributed by atoms with Crippen LogP contribution in [0.3, 0.4) is 0 Å². The van der Waals surface area contributed by atoms with Crippen molar-refractivity contribution in [2.75, 3.05) is 13.7 Å². The maximum atomic E-state index is 6.40. The number of ether oxygens (including phenoxy) is 2. The molecule has 1 atom stereocenters. The van der Waals surface area contributed by atoms with Crippen molar-refractivity contribution in [3.63, 3.8) is 0 Å². The van der Waals surface area contributed by atoms with E-state index in [1.165, 1.54) is 0 Å². The molecule has 0 saturated carbocycles. The molecule has 3 aromatic rings. The molecule has 1 heterocycles.